The SMILES string of the molecule is C[C@@H](O)c1cnnn1C1CC12CC(NC(=O)c1cc(-c3ccccc3)no1)C2. The predicted octanol–water partition coefficient (Wildman–Crippen LogP) is 2.51. The lowest BCUT2D eigenvalue weighted by molar-refractivity contribution is 0.0826. The molecule has 8 nitrogen and oxygen atoms in total. The van der Waals surface area contributed by atoms with Crippen LogP contribution in [-0.2, 0) is 0 Å². The van der Waals surface area contributed by atoms with Gasteiger partial charge >= 0.3 is 0 Å². The highest BCUT2D eigenvalue weighted by Gasteiger charge is 2.63. The summed E-state index contributed by atoms with van der Waals surface area (Å²) in [4.78, 5) is 12.5. The molecule has 0 radical (unpaired) electrons. The molecule has 2 fully saturated rings. The molecule has 3 aromatic rings. The van der Waals surface area contributed by atoms with Crippen LogP contribution >= 0.6 is 0 Å². The van der Waals surface area contributed by atoms with E-state index >= 15 is 0 Å². The van der Waals surface area contributed by atoms with Gasteiger partial charge < -0.3 is 14.9 Å². The third-order valence-corrected chi connectivity index (χ3v) is 5.92. The van der Waals surface area contributed by atoms with Crippen molar-refractivity contribution in [3.8, 4) is 11.3 Å². The van der Waals surface area contributed by atoms with Gasteiger partial charge in [-0.05, 0) is 31.6 Å². The first kappa shape index (κ1) is 17.1. The molecule has 28 heavy (non-hydrogen) atoms. The number of nitrogens with one attached hydrogen (secondary N) is 1. The fraction of sp³-hybridized carbons (Fsp3) is 0.400. The summed E-state index contributed by atoms with van der Waals surface area (Å²) in [5.41, 5.74) is 2.46. The van der Waals surface area contributed by atoms with Crippen LogP contribution in [0.25, 0.3) is 11.3 Å². The van der Waals surface area contributed by atoms with Crippen LogP contribution in [-0.4, -0.2) is 37.2 Å². The predicted molar refractivity (Wildman–Crippen MR) is 99.2 cm³/mol. The summed E-state index contributed by atoms with van der Waals surface area (Å²) >= 11 is 0. The van der Waals surface area contributed by atoms with E-state index in [2.05, 4.69) is 20.8 Å². The summed E-state index contributed by atoms with van der Waals surface area (Å²) in [6.45, 7) is 1.72. The molecule has 2 aliphatic carbocycles. The van der Waals surface area contributed by atoms with Gasteiger partial charge in [-0.15, -0.1) is 5.10 Å². The third kappa shape index (κ3) is 2.80. The Morgan fingerprint density at radius 3 is 2.86 bits per heavy atom. The van der Waals surface area contributed by atoms with Crippen LogP contribution in [0.15, 0.2) is 47.1 Å². The molecule has 2 aromatic heterocycles. The molecule has 2 saturated carbocycles. The lowest BCUT2D eigenvalue weighted by atomic mass is 9.76. The number of aromatic nitrogens is 4. The van der Waals surface area contributed by atoms with E-state index in [1.807, 2.05) is 35.0 Å². The molecule has 5 rings (SSSR count). The Kier molecular flexibility index (Phi) is 3.83. The van der Waals surface area contributed by atoms with E-state index in [9.17, 15) is 9.90 Å². The lowest BCUT2D eigenvalue weighted by Gasteiger charge is -2.37. The minimum atomic E-state index is -0.589. The first-order valence-electron chi connectivity index (χ1n) is 9.47. The fourth-order valence-corrected chi connectivity index (χ4v) is 4.31. The zero-order valence-electron chi connectivity index (χ0n) is 15.4. The Labute approximate surface area is 161 Å². The van der Waals surface area contributed by atoms with Crippen LogP contribution in [0.5, 0.6) is 0 Å². The molecule has 0 saturated heterocycles. The van der Waals surface area contributed by atoms with Crippen molar-refractivity contribution in [2.45, 2.75) is 44.4 Å². The molecule has 2 atom stereocenters. The summed E-state index contributed by atoms with van der Waals surface area (Å²) in [6.07, 6.45) is 3.81. The average Bonchev–Trinajstić information content (AvgIpc) is 3.05. The first-order chi connectivity index (χ1) is 13.6. The van der Waals surface area contributed by atoms with Crippen molar-refractivity contribution >= 4 is 5.91 Å². The minimum Gasteiger partial charge on any atom is -0.387 e. The molecule has 2 N–H and O–H groups in total. The molecule has 1 aromatic carbocycles. The summed E-state index contributed by atoms with van der Waals surface area (Å²) in [6, 6.07) is 11.6. The number of carbonyl (C=O) groups excluding carboxylic acids is 1. The van der Waals surface area contributed by atoms with Gasteiger partial charge in [0.1, 0.15) is 5.69 Å². The second kappa shape index (κ2) is 6.27. The largest absolute Gasteiger partial charge is 0.387 e. The van der Waals surface area contributed by atoms with Gasteiger partial charge in [-0.3, -0.25) is 4.79 Å². The number of rotatable bonds is 5. The maximum absolute atomic E-state index is 12.5. The molecule has 8 heteroatoms. The molecule has 2 aliphatic rings. The van der Waals surface area contributed by atoms with Gasteiger partial charge in [0.05, 0.1) is 24.0 Å². The monoisotopic (exact) mass is 379 g/mol. The van der Waals surface area contributed by atoms with E-state index in [0.29, 0.717) is 5.69 Å². The van der Waals surface area contributed by atoms with Crippen molar-refractivity contribution in [3.63, 3.8) is 0 Å². The highest BCUT2D eigenvalue weighted by molar-refractivity contribution is 5.92. The van der Waals surface area contributed by atoms with Gasteiger partial charge in [0.2, 0.25) is 5.76 Å². The van der Waals surface area contributed by atoms with E-state index in [1.165, 1.54) is 0 Å². The highest BCUT2D eigenvalue weighted by Crippen LogP contribution is 2.68. The Morgan fingerprint density at radius 2 is 2.11 bits per heavy atom. The highest BCUT2D eigenvalue weighted by atomic mass is 16.5. The smallest absolute Gasteiger partial charge is 0.290 e. The number of carbonyl (C=O) groups is 1. The molecule has 1 unspecified atom stereocenters. The van der Waals surface area contributed by atoms with Crippen molar-refractivity contribution in [3.05, 3.63) is 54.0 Å². The Bertz CT molecular complexity index is 1000. The molecule has 1 spiro atoms. The van der Waals surface area contributed by atoms with E-state index in [0.717, 1.165) is 30.5 Å². The van der Waals surface area contributed by atoms with Crippen LogP contribution in [0.2, 0.25) is 0 Å². The van der Waals surface area contributed by atoms with Gasteiger partial charge in [0, 0.05) is 17.7 Å². The third-order valence-electron chi connectivity index (χ3n) is 5.92. The summed E-state index contributed by atoms with van der Waals surface area (Å²) in [5, 5.41) is 24.9. The maximum Gasteiger partial charge on any atom is 0.290 e. The first-order valence-corrected chi connectivity index (χ1v) is 9.47. The molecule has 0 aliphatic heterocycles. The summed E-state index contributed by atoms with van der Waals surface area (Å²) in [7, 11) is 0. The van der Waals surface area contributed by atoms with E-state index in [4.69, 9.17) is 4.52 Å². The average molecular weight is 379 g/mol. The van der Waals surface area contributed by atoms with E-state index in [1.54, 1.807) is 19.2 Å². The van der Waals surface area contributed by atoms with Crippen molar-refractivity contribution in [2.24, 2.45) is 5.41 Å². The number of amides is 1. The lowest BCUT2D eigenvalue weighted by Crippen LogP contribution is -2.46. The number of aliphatic hydroxyl groups excluding tert-OH is 1. The molecule has 1 amide bonds. The van der Waals surface area contributed by atoms with Crippen LogP contribution in [0.1, 0.15) is 54.6 Å². The molecular formula is C20H21N5O3. The Balaban J connectivity index is 1.19. The number of hydrogen-bond donors (Lipinski definition) is 2. The zero-order chi connectivity index (χ0) is 19.3. The van der Waals surface area contributed by atoms with Crippen LogP contribution in [0, 0.1) is 5.41 Å². The summed E-state index contributed by atoms with van der Waals surface area (Å²) in [5.74, 6) is -0.0167. The molecule has 0 bridgehead atoms. The van der Waals surface area contributed by atoms with Crippen LogP contribution in [0.4, 0.5) is 0 Å². The number of hydrogen-bond acceptors (Lipinski definition) is 6. The Morgan fingerprint density at radius 1 is 1.32 bits per heavy atom. The van der Waals surface area contributed by atoms with Crippen molar-refractivity contribution in [1.82, 2.24) is 25.5 Å². The maximum atomic E-state index is 12.5. The van der Waals surface area contributed by atoms with E-state index in [-0.39, 0.29) is 29.2 Å². The van der Waals surface area contributed by atoms with Crippen molar-refractivity contribution < 1.29 is 14.4 Å². The second-order valence-electron chi connectivity index (χ2n) is 7.88. The molecular weight excluding hydrogens is 358 g/mol. The number of aliphatic hydroxyl groups is 1. The van der Waals surface area contributed by atoms with Gasteiger partial charge in [-0.1, -0.05) is 40.7 Å². The Hall–Kier alpha value is -3.00. The zero-order valence-corrected chi connectivity index (χ0v) is 15.4. The van der Waals surface area contributed by atoms with Crippen molar-refractivity contribution in [1.29, 1.82) is 0 Å². The van der Waals surface area contributed by atoms with Crippen LogP contribution < -0.4 is 5.32 Å². The molecule has 144 valence electrons. The van der Waals surface area contributed by atoms with Crippen LogP contribution in [0.3, 0.4) is 0 Å². The van der Waals surface area contributed by atoms with Gasteiger partial charge in [0.15, 0.2) is 0 Å². The topological polar surface area (TPSA) is 106 Å². The molecule has 2 heterocycles. The van der Waals surface area contributed by atoms with Gasteiger partial charge in [0.25, 0.3) is 5.91 Å². The van der Waals surface area contributed by atoms with E-state index < -0.39 is 6.10 Å². The second-order valence-corrected chi connectivity index (χ2v) is 7.88. The standard InChI is InChI=1S/C20H21N5O3/c1-12(26)16-11-21-24-25(16)18-10-20(18)8-14(9-20)22-19(27)17-7-15(23-28-17)13-5-3-2-4-6-13/h2-7,11-12,14,18,26H,8-10H2,1H3,(H,22,27)/t12-,14?,18?,20?/m1/s1. The normalized spacial score (nSPS) is 26.6. The minimum absolute atomic E-state index is 0.112. The number of benzene rings is 1. The number of nitrogens with zero attached hydrogens (tertiary/aromatic N) is 4. The summed E-state index contributed by atoms with van der Waals surface area (Å²) < 4.78 is 7.07. The quantitative estimate of drug-likeness (QED) is 0.706. The fourth-order valence-electron chi connectivity index (χ4n) is 4.31. The van der Waals surface area contributed by atoms with Crippen molar-refractivity contribution in [2.75, 3.05) is 0 Å². The van der Waals surface area contributed by atoms with Gasteiger partial charge in [-0.2, -0.15) is 0 Å². The van der Waals surface area contributed by atoms with Gasteiger partial charge in [-0.25, -0.2) is 4.68 Å².